The van der Waals surface area contributed by atoms with E-state index in [4.69, 9.17) is 30.0 Å². The molecular weight excluding hydrogens is 394 g/mol. The number of carbonyl (C=O) groups is 1. The van der Waals surface area contributed by atoms with Gasteiger partial charge in [-0.3, -0.25) is 14.6 Å². The maximum atomic E-state index is 13.0. The van der Waals surface area contributed by atoms with E-state index in [1.807, 2.05) is 0 Å². The molecule has 0 aliphatic carbocycles. The smallest absolute Gasteiger partial charge is 0.238 e. The predicted octanol–water partition coefficient (Wildman–Crippen LogP) is 2.31. The van der Waals surface area contributed by atoms with E-state index in [2.05, 4.69) is 5.32 Å². The summed E-state index contributed by atoms with van der Waals surface area (Å²) in [5.74, 6) is -1.51. The van der Waals surface area contributed by atoms with Crippen molar-refractivity contribution in [2.24, 2.45) is 0 Å². The number of carbonyl (C=O) groups excluding carboxylic acids is 1. The second kappa shape index (κ2) is 11.1. The molecule has 31 heavy (non-hydrogen) atoms. The van der Waals surface area contributed by atoms with Crippen LogP contribution in [0.15, 0.2) is 42.4 Å². The van der Waals surface area contributed by atoms with Crippen LogP contribution < -0.4 is 14.8 Å². The fourth-order valence-corrected chi connectivity index (χ4v) is 3.00. The van der Waals surface area contributed by atoms with Crippen LogP contribution in [0, 0.1) is 13.7 Å². The molecule has 3 rings (SSSR count). The summed E-state index contributed by atoms with van der Waals surface area (Å²) in [5, 5.41) is 13.0. The largest absolute Gasteiger partial charge is 0.493 e. The molecule has 0 saturated carbocycles. The minimum Gasteiger partial charge on any atom is -0.493 e. The fourth-order valence-electron chi connectivity index (χ4n) is 3.00. The zero-order valence-electron chi connectivity index (χ0n) is 31.6. The molecule has 7 nitrogen and oxygen atoms in total. The molecule has 2 aromatic rings. The number of amides is 1. The van der Waals surface area contributed by atoms with Crippen LogP contribution in [0.25, 0.3) is 0 Å². The Morgan fingerprint density at radius 1 is 1.23 bits per heavy atom. The van der Waals surface area contributed by atoms with Gasteiger partial charge in [0.05, 0.1) is 25.9 Å². The molecule has 0 radical (unpaired) electrons. The number of nitrogens with one attached hydrogen (secondary N) is 1. The maximum absolute atomic E-state index is 13.0. The Morgan fingerprint density at radius 2 is 1.90 bits per heavy atom. The standard InChI is InChI=1S/C24H33N3O4/c1-18-7-6-8-19(2)24(18)25-23(29)16-27-13-11-26(12-14-27)15-20(28)17-31-22-10-5-4-9-21(22)30-3/h4-10,20,28H,11-17H2,1-3H3,(H,25,29)/i1D3,2D3,3D3,6D,7D,8D,17D2,20D. The van der Waals surface area contributed by atoms with Gasteiger partial charge in [0.25, 0.3) is 0 Å². The molecule has 2 aromatic carbocycles. The van der Waals surface area contributed by atoms with E-state index in [-0.39, 0.29) is 44.2 Å². The first-order chi connectivity index (χ1) is 20.8. The molecule has 1 unspecified atom stereocenters. The molecule has 2 N–H and O–H groups in total. The number of benzene rings is 2. The predicted molar refractivity (Wildman–Crippen MR) is 122 cm³/mol. The topological polar surface area (TPSA) is 74.3 Å². The van der Waals surface area contributed by atoms with Crippen molar-refractivity contribution < 1.29 is 39.9 Å². The van der Waals surface area contributed by atoms with Gasteiger partial charge in [-0.1, -0.05) is 30.3 Å². The van der Waals surface area contributed by atoms with E-state index in [1.165, 1.54) is 29.2 Å². The Labute approximate surface area is 205 Å². The van der Waals surface area contributed by atoms with Crippen molar-refractivity contribution in [3.63, 3.8) is 0 Å². The van der Waals surface area contributed by atoms with Gasteiger partial charge in [0.2, 0.25) is 5.91 Å². The van der Waals surface area contributed by atoms with Gasteiger partial charge >= 0.3 is 0 Å². The number of hydrogen-bond acceptors (Lipinski definition) is 6. The lowest BCUT2D eigenvalue weighted by Gasteiger charge is -2.35. The third kappa shape index (κ3) is 6.69. The monoisotopic (exact) mass is 442 g/mol. The van der Waals surface area contributed by atoms with Crippen LogP contribution in [-0.4, -0.2) is 79.8 Å². The molecule has 0 bridgehead atoms. The van der Waals surface area contributed by atoms with Crippen molar-refractivity contribution in [3.8, 4) is 11.5 Å². The van der Waals surface area contributed by atoms with Crippen LogP contribution in [0.2, 0.25) is 0 Å². The van der Waals surface area contributed by atoms with E-state index < -0.39 is 80.8 Å². The first kappa shape index (κ1) is 10.3. The zero-order valence-corrected chi connectivity index (χ0v) is 16.6. The average Bonchev–Trinajstić information content (AvgIpc) is 2.87. The summed E-state index contributed by atoms with van der Waals surface area (Å²) in [4.78, 5) is 16.1. The van der Waals surface area contributed by atoms with Gasteiger partial charge in [0, 0.05) is 46.6 Å². The Balaban J connectivity index is 1.68. The van der Waals surface area contributed by atoms with Gasteiger partial charge in [0.1, 0.15) is 12.6 Å². The number of β-amino-alcohol motifs (C(OH)–C–C–N with tert-alkyl or cyclic N) is 1. The lowest BCUT2D eigenvalue weighted by Crippen LogP contribution is -2.50. The summed E-state index contributed by atoms with van der Waals surface area (Å²) in [6.45, 7) is -9.56. The molecule has 1 aliphatic rings. The summed E-state index contributed by atoms with van der Waals surface area (Å²) < 4.78 is 127. The number of methoxy groups -OCH3 is 1. The number of nitrogens with zero attached hydrogens (tertiary/aromatic N) is 2. The molecule has 1 heterocycles. The Bertz CT molecular complexity index is 1380. The molecule has 0 spiro atoms. The van der Waals surface area contributed by atoms with Gasteiger partial charge in [-0.15, -0.1) is 0 Å². The van der Waals surface area contributed by atoms with E-state index in [9.17, 15) is 9.90 Å². The SMILES string of the molecule is [2H]c1c([2H])c(C([2H])([2H])[2H])c(NC(=O)CN2CCN(CC([2H])(O)C([2H])([2H])Oc3ccccc3OC([2H])([2H])[2H])CC2)c(C([2H])([2H])[2H])c1[2H]. The van der Waals surface area contributed by atoms with Gasteiger partial charge in [-0.05, 0) is 37.0 Å². The van der Waals surface area contributed by atoms with Crippen LogP contribution in [0.5, 0.6) is 11.5 Å². The first-order valence-corrected chi connectivity index (χ1v) is 9.43. The van der Waals surface area contributed by atoms with Gasteiger partial charge in [0.15, 0.2) is 11.5 Å². The highest BCUT2D eigenvalue weighted by Gasteiger charge is 2.21. The number of hydrogen-bond donors (Lipinski definition) is 2. The zero-order chi connectivity index (χ0) is 35.0. The van der Waals surface area contributed by atoms with E-state index in [1.54, 1.807) is 4.90 Å². The normalized spacial score (nSPS) is 25.8. The fraction of sp³-hybridized carbons (Fsp3) is 0.458. The molecular formula is C24H33N3O4. The first-order valence-electron chi connectivity index (χ1n) is 16.9. The minimum absolute atomic E-state index is 0.131. The summed E-state index contributed by atoms with van der Waals surface area (Å²) in [7, 11) is -2.86. The van der Waals surface area contributed by atoms with Crippen molar-refractivity contribution in [2.45, 2.75) is 19.8 Å². The lowest BCUT2D eigenvalue weighted by molar-refractivity contribution is -0.117. The summed E-state index contributed by atoms with van der Waals surface area (Å²) in [6, 6.07) is 2.60. The number of aliphatic hydroxyl groups is 1. The van der Waals surface area contributed by atoms with E-state index in [0.717, 1.165) is 0 Å². The van der Waals surface area contributed by atoms with Crippen molar-refractivity contribution in [3.05, 3.63) is 53.5 Å². The third-order valence-corrected chi connectivity index (χ3v) is 4.58. The summed E-state index contributed by atoms with van der Waals surface area (Å²) in [6.07, 6.45) is -2.86. The molecule has 1 fully saturated rings. The van der Waals surface area contributed by atoms with E-state index >= 15 is 0 Å². The van der Waals surface area contributed by atoms with Crippen molar-refractivity contribution in [2.75, 3.05) is 58.2 Å². The number of ether oxygens (including phenoxy) is 2. The third-order valence-electron chi connectivity index (χ3n) is 4.58. The highest BCUT2D eigenvalue weighted by molar-refractivity contribution is 5.93. The number of para-hydroxylation sites is 3. The second-order valence-corrected chi connectivity index (χ2v) is 6.80. The molecule has 1 atom stereocenters. The van der Waals surface area contributed by atoms with E-state index in [0.29, 0.717) is 0 Å². The van der Waals surface area contributed by atoms with Crippen molar-refractivity contribution >= 4 is 11.6 Å². The molecule has 1 saturated heterocycles. The van der Waals surface area contributed by atoms with Gasteiger partial charge in [-0.2, -0.15) is 0 Å². The molecule has 168 valence electrons. The quantitative estimate of drug-likeness (QED) is 0.621. The molecule has 7 heteroatoms. The Morgan fingerprint density at radius 3 is 2.58 bits per heavy atom. The number of piperazine rings is 1. The molecule has 0 aromatic heterocycles. The van der Waals surface area contributed by atoms with Crippen LogP contribution in [0.4, 0.5) is 5.69 Å². The van der Waals surface area contributed by atoms with Crippen molar-refractivity contribution in [1.29, 1.82) is 0 Å². The van der Waals surface area contributed by atoms with Crippen LogP contribution in [0.3, 0.4) is 0 Å². The maximum Gasteiger partial charge on any atom is 0.238 e. The average molecular weight is 443 g/mol. The van der Waals surface area contributed by atoms with Crippen molar-refractivity contribution in [1.82, 2.24) is 9.80 Å². The number of rotatable bonds is 9. The minimum atomic E-state index is -3.08. The summed E-state index contributed by atoms with van der Waals surface area (Å²) >= 11 is 0. The number of anilines is 1. The van der Waals surface area contributed by atoms with Gasteiger partial charge in [-0.25, -0.2) is 0 Å². The highest BCUT2D eigenvalue weighted by atomic mass is 16.5. The lowest BCUT2D eigenvalue weighted by atomic mass is 10.1. The van der Waals surface area contributed by atoms with Crippen LogP contribution >= 0.6 is 0 Å². The highest BCUT2D eigenvalue weighted by Crippen LogP contribution is 2.25. The Kier molecular flexibility index (Phi) is 3.71. The Hall–Kier alpha value is -2.61. The summed E-state index contributed by atoms with van der Waals surface area (Å²) in [5.41, 5.74) is -2.46. The van der Waals surface area contributed by atoms with Crippen LogP contribution in [-0.2, 0) is 4.79 Å². The molecule has 1 aliphatic heterocycles. The van der Waals surface area contributed by atoms with Crippen LogP contribution in [0.1, 0.15) is 31.7 Å². The van der Waals surface area contributed by atoms with Gasteiger partial charge < -0.3 is 19.9 Å². The molecule has 1 amide bonds. The second-order valence-electron chi connectivity index (χ2n) is 6.80.